The van der Waals surface area contributed by atoms with E-state index >= 15 is 0 Å². The fourth-order valence-corrected chi connectivity index (χ4v) is 0.907. The molecule has 1 fully saturated rings. The molecule has 76 valence electrons. The number of ether oxygens (including phenoxy) is 2. The molecule has 0 spiro atoms. The van der Waals surface area contributed by atoms with Crippen molar-refractivity contribution in [2.75, 3.05) is 13.2 Å². The maximum atomic E-state index is 11.7. The molecule has 0 radical (unpaired) electrons. The highest BCUT2D eigenvalue weighted by atomic mass is 32.2. The molecular weight excluding hydrogens is 215 g/mol. The average Bonchev–Trinajstić information content (AvgIpc) is 2.35. The van der Waals surface area contributed by atoms with E-state index in [2.05, 4.69) is 13.9 Å². The topological polar surface area (TPSA) is 65.0 Å². The highest BCUT2D eigenvalue weighted by molar-refractivity contribution is 7.91. The van der Waals surface area contributed by atoms with Crippen molar-refractivity contribution in [3.05, 3.63) is 0 Å². The number of alkyl halides is 3. The molecule has 9 heteroatoms. The monoisotopic (exact) mass is 219 g/mol. The van der Waals surface area contributed by atoms with E-state index in [4.69, 9.17) is 0 Å². The second kappa shape index (κ2) is 3.05. The van der Waals surface area contributed by atoms with Gasteiger partial charge < -0.3 is 9.47 Å². The summed E-state index contributed by atoms with van der Waals surface area (Å²) >= 11 is 0. The zero-order chi connectivity index (χ0) is 10.1. The molecule has 0 atom stereocenters. The van der Waals surface area contributed by atoms with Gasteiger partial charge >= 0.3 is 21.6 Å². The van der Waals surface area contributed by atoms with Crippen molar-refractivity contribution in [1.82, 2.24) is 0 Å². The molecule has 0 aromatic rings. The Morgan fingerprint density at radius 2 is 1.69 bits per heavy atom. The summed E-state index contributed by atoms with van der Waals surface area (Å²) < 4.78 is 66.7. The van der Waals surface area contributed by atoms with Crippen molar-refractivity contribution in [1.29, 1.82) is 0 Å². The molecule has 1 aliphatic heterocycles. The van der Waals surface area contributed by atoms with Gasteiger partial charge in [0.2, 0.25) is 0 Å². The van der Waals surface area contributed by atoms with Crippen LogP contribution in [-0.2, 0) is 19.5 Å². The van der Waals surface area contributed by atoms with Crippen LogP contribution < -0.4 is 0 Å². The van der Waals surface area contributed by atoms with Gasteiger partial charge in [-0.1, -0.05) is 4.40 Å². The number of rotatable bonds is 1. The molecule has 0 unspecified atom stereocenters. The van der Waals surface area contributed by atoms with Crippen LogP contribution in [0.5, 0.6) is 0 Å². The largest absolute Gasteiger partial charge is 0.518 e. The van der Waals surface area contributed by atoms with Gasteiger partial charge in [0, 0.05) is 0 Å². The molecule has 0 amide bonds. The molecular formula is C4H4F3NO4S. The van der Waals surface area contributed by atoms with Gasteiger partial charge in [-0.25, -0.2) is 0 Å². The first-order valence-electron chi connectivity index (χ1n) is 3.00. The van der Waals surface area contributed by atoms with Crippen LogP contribution in [0.3, 0.4) is 0 Å². The summed E-state index contributed by atoms with van der Waals surface area (Å²) in [6.07, 6.45) is -0.864. The third-order valence-electron chi connectivity index (χ3n) is 1.02. The Morgan fingerprint density at radius 3 is 2.08 bits per heavy atom. The van der Waals surface area contributed by atoms with Crippen LogP contribution in [-0.4, -0.2) is 33.2 Å². The van der Waals surface area contributed by atoms with Gasteiger partial charge in [0.15, 0.2) is 0 Å². The Kier molecular flexibility index (Phi) is 2.37. The van der Waals surface area contributed by atoms with E-state index < -0.39 is 21.6 Å². The summed E-state index contributed by atoms with van der Waals surface area (Å²) in [4.78, 5) is 0. The summed E-state index contributed by atoms with van der Waals surface area (Å²) in [5, 5.41) is 0. The number of sulfonamides is 1. The van der Waals surface area contributed by atoms with Crippen LogP contribution in [0.15, 0.2) is 4.40 Å². The van der Waals surface area contributed by atoms with Crippen LogP contribution in [0.1, 0.15) is 0 Å². The molecule has 13 heavy (non-hydrogen) atoms. The van der Waals surface area contributed by atoms with Crippen LogP contribution in [0.4, 0.5) is 13.2 Å². The Balaban J connectivity index is 2.89. The first-order chi connectivity index (χ1) is 5.83. The van der Waals surface area contributed by atoms with E-state index in [1.54, 1.807) is 0 Å². The maximum Gasteiger partial charge on any atom is 0.518 e. The lowest BCUT2D eigenvalue weighted by Gasteiger charge is -2.02. The van der Waals surface area contributed by atoms with Gasteiger partial charge in [-0.3, -0.25) is 0 Å². The van der Waals surface area contributed by atoms with Crippen molar-refractivity contribution >= 4 is 16.1 Å². The van der Waals surface area contributed by atoms with Crippen molar-refractivity contribution in [2.45, 2.75) is 5.51 Å². The van der Waals surface area contributed by atoms with Crippen LogP contribution in [0.25, 0.3) is 0 Å². The molecule has 5 nitrogen and oxygen atoms in total. The first-order valence-corrected chi connectivity index (χ1v) is 4.44. The zero-order valence-electron chi connectivity index (χ0n) is 6.04. The summed E-state index contributed by atoms with van der Waals surface area (Å²) in [7, 11) is -5.54. The standard InChI is InChI=1S/C4H4F3NO4S/c5-4(6,7)13(9,10)8-3-11-1-2-12-3/h1-2H2. The fraction of sp³-hybridized carbons (Fsp3) is 0.750. The van der Waals surface area contributed by atoms with E-state index in [0.29, 0.717) is 0 Å². The smallest absolute Gasteiger partial charge is 0.446 e. The molecule has 0 bridgehead atoms. The normalized spacial score (nSPS) is 17.9. The number of nitrogens with zero attached hydrogens (tertiary/aromatic N) is 1. The van der Waals surface area contributed by atoms with Gasteiger partial charge in [-0.2, -0.15) is 21.6 Å². The predicted octanol–water partition coefficient (Wildman–Crippen LogP) is 0.239. The molecule has 1 aliphatic rings. The Hall–Kier alpha value is -0.990. The lowest BCUT2D eigenvalue weighted by atomic mass is 10.8. The van der Waals surface area contributed by atoms with Gasteiger partial charge in [0.1, 0.15) is 13.2 Å². The fourth-order valence-electron chi connectivity index (χ4n) is 0.502. The lowest BCUT2D eigenvalue weighted by Crippen LogP contribution is -2.22. The third-order valence-corrected chi connectivity index (χ3v) is 2.00. The van der Waals surface area contributed by atoms with Gasteiger partial charge in [0.25, 0.3) is 0 Å². The molecule has 0 aliphatic carbocycles. The summed E-state index contributed by atoms with van der Waals surface area (Å²) in [6.45, 7) is -0.0155. The van der Waals surface area contributed by atoms with E-state index in [9.17, 15) is 21.6 Å². The average molecular weight is 219 g/mol. The Labute approximate surface area is 71.2 Å². The third kappa shape index (κ3) is 2.23. The summed E-state index contributed by atoms with van der Waals surface area (Å²) in [6, 6.07) is 0. The SMILES string of the molecule is O=S(=O)(N=C1OCCO1)C(F)(F)F. The predicted molar refractivity (Wildman–Crippen MR) is 34.3 cm³/mol. The number of halogens is 3. The first kappa shape index (κ1) is 10.1. The minimum Gasteiger partial charge on any atom is -0.446 e. The second-order valence-electron chi connectivity index (χ2n) is 1.97. The van der Waals surface area contributed by atoms with Crippen molar-refractivity contribution in [3.8, 4) is 0 Å². The second-order valence-corrected chi connectivity index (χ2v) is 3.57. The molecule has 0 aromatic heterocycles. The number of hydrogen-bond acceptors (Lipinski definition) is 4. The highest BCUT2D eigenvalue weighted by Gasteiger charge is 2.47. The maximum absolute atomic E-state index is 11.7. The van der Waals surface area contributed by atoms with Crippen molar-refractivity contribution in [3.63, 3.8) is 0 Å². The van der Waals surface area contributed by atoms with Crippen molar-refractivity contribution in [2.24, 2.45) is 4.40 Å². The Morgan fingerprint density at radius 1 is 1.23 bits per heavy atom. The summed E-state index contributed by atoms with van der Waals surface area (Å²) in [5.41, 5.74) is -5.42. The quantitative estimate of drug-likeness (QED) is 0.633. The van der Waals surface area contributed by atoms with E-state index in [0.717, 1.165) is 0 Å². The lowest BCUT2D eigenvalue weighted by molar-refractivity contribution is -0.0436. The Bertz CT molecular complexity index is 311. The summed E-state index contributed by atoms with van der Waals surface area (Å²) in [5.74, 6) is 0. The van der Waals surface area contributed by atoms with Crippen LogP contribution in [0, 0.1) is 0 Å². The number of hydrogen-bond donors (Lipinski definition) is 0. The van der Waals surface area contributed by atoms with Gasteiger partial charge in [0.05, 0.1) is 0 Å². The molecule has 1 rings (SSSR count). The van der Waals surface area contributed by atoms with Crippen LogP contribution >= 0.6 is 0 Å². The molecule has 0 saturated carbocycles. The van der Waals surface area contributed by atoms with Crippen molar-refractivity contribution < 1.29 is 31.1 Å². The molecule has 1 saturated heterocycles. The molecule has 1 heterocycles. The molecule has 0 N–H and O–H groups in total. The van der Waals surface area contributed by atoms with Gasteiger partial charge in [-0.15, -0.1) is 0 Å². The zero-order valence-corrected chi connectivity index (χ0v) is 6.85. The van der Waals surface area contributed by atoms with E-state index in [1.807, 2.05) is 0 Å². The van der Waals surface area contributed by atoms with Gasteiger partial charge in [-0.05, 0) is 0 Å². The van der Waals surface area contributed by atoms with E-state index in [-0.39, 0.29) is 13.2 Å². The van der Waals surface area contributed by atoms with E-state index in [1.165, 1.54) is 0 Å². The minimum absolute atomic E-state index is 0.00773. The highest BCUT2D eigenvalue weighted by Crippen LogP contribution is 2.25. The van der Waals surface area contributed by atoms with Crippen LogP contribution in [0.2, 0.25) is 0 Å². The molecule has 0 aromatic carbocycles. The minimum atomic E-state index is -5.54.